The van der Waals surface area contributed by atoms with Gasteiger partial charge in [-0.05, 0) is 24.1 Å². The molecule has 0 N–H and O–H groups in total. The molecule has 0 aliphatic heterocycles. The smallest absolute Gasteiger partial charge is 0.160 e. The Morgan fingerprint density at radius 1 is 0.731 bits per heavy atom. The molecule has 2 aromatic rings. The molecule has 0 aromatic heterocycles. The van der Waals surface area contributed by atoms with Gasteiger partial charge in [-0.2, -0.15) is 0 Å². The second-order valence-corrected chi connectivity index (χ2v) is 5.99. The van der Waals surface area contributed by atoms with Crippen LogP contribution in [0, 0.1) is 0 Å². The highest BCUT2D eigenvalue weighted by Gasteiger charge is 2.20. The monoisotopic (exact) mass is 380 g/mol. The summed E-state index contributed by atoms with van der Waals surface area (Å²) in [6.07, 6.45) is 0.648. The topological polar surface area (TPSA) is 46.2 Å². The SMILES string of the molecule is COc1cc(OC)c(C[C@@H](CCl)c2ccc(OC)c(OC)c2)c(OC)c1. The van der Waals surface area contributed by atoms with E-state index in [1.165, 1.54) is 0 Å². The molecule has 0 spiro atoms. The minimum atomic E-state index is 0.0488. The average Bonchev–Trinajstić information content (AvgIpc) is 2.70. The van der Waals surface area contributed by atoms with Gasteiger partial charge >= 0.3 is 0 Å². The first-order chi connectivity index (χ1) is 12.6. The van der Waals surface area contributed by atoms with Crippen LogP contribution in [0.25, 0.3) is 0 Å². The van der Waals surface area contributed by atoms with E-state index in [4.69, 9.17) is 35.3 Å². The maximum atomic E-state index is 6.29. The molecule has 0 heterocycles. The molecule has 0 unspecified atom stereocenters. The maximum Gasteiger partial charge on any atom is 0.160 e. The third-order valence-electron chi connectivity index (χ3n) is 4.33. The van der Waals surface area contributed by atoms with Gasteiger partial charge in [0.05, 0.1) is 35.5 Å². The van der Waals surface area contributed by atoms with Gasteiger partial charge in [0.2, 0.25) is 0 Å². The summed E-state index contributed by atoms with van der Waals surface area (Å²) >= 11 is 6.29. The first-order valence-corrected chi connectivity index (χ1v) is 8.72. The fraction of sp³-hybridized carbons (Fsp3) is 0.400. The summed E-state index contributed by atoms with van der Waals surface area (Å²) in [4.78, 5) is 0. The van der Waals surface area contributed by atoms with Gasteiger partial charge in [-0.3, -0.25) is 0 Å². The van der Waals surface area contributed by atoms with Crippen molar-refractivity contribution in [3.05, 3.63) is 41.5 Å². The lowest BCUT2D eigenvalue weighted by atomic mass is 9.92. The highest BCUT2D eigenvalue weighted by Crippen LogP contribution is 2.39. The Hall–Kier alpha value is -2.27. The number of hydrogen-bond acceptors (Lipinski definition) is 5. The molecule has 26 heavy (non-hydrogen) atoms. The summed E-state index contributed by atoms with van der Waals surface area (Å²) in [6.45, 7) is 0. The molecule has 0 radical (unpaired) electrons. The molecule has 2 aromatic carbocycles. The summed E-state index contributed by atoms with van der Waals surface area (Å²) in [6, 6.07) is 9.52. The van der Waals surface area contributed by atoms with Crippen molar-refractivity contribution >= 4 is 11.6 Å². The summed E-state index contributed by atoms with van der Waals surface area (Å²) in [5.74, 6) is 3.93. The molecular weight excluding hydrogens is 356 g/mol. The summed E-state index contributed by atoms with van der Waals surface area (Å²) in [5, 5.41) is 0. The van der Waals surface area contributed by atoms with Crippen LogP contribution in [0.4, 0.5) is 0 Å². The van der Waals surface area contributed by atoms with Gasteiger partial charge in [0.1, 0.15) is 17.2 Å². The van der Waals surface area contributed by atoms with Gasteiger partial charge in [-0.15, -0.1) is 11.6 Å². The number of rotatable bonds is 9. The lowest BCUT2D eigenvalue weighted by molar-refractivity contribution is 0.354. The Bertz CT molecular complexity index is 707. The van der Waals surface area contributed by atoms with Gasteiger partial charge in [-0.25, -0.2) is 0 Å². The number of benzene rings is 2. The minimum absolute atomic E-state index is 0.0488. The summed E-state index contributed by atoms with van der Waals surface area (Å²) in [7, 11) is 8.10. The number of methoxy groups -OCH3 is 5. The predicted octanol–water partition coefficient (Wildman–Crippen LogP) is 4.29. The zero-order valence-corrected chi connectivity index (χ0v) is 16.6. The molecule has 6 heteroatoms. The van der Waals surface area contributed by atoms with Crippen LogP contribution in [-0.4, -0.2) is 41.4 Å². The molecule has 0 fully saturated rings. The number of alkyl halides is 1. The van der Waals surface area contributed by atoms with E-state index in [1.54, 1.807) is 35.5 Å². The van der Waals surface area contributed by atoms with Crippen molar-refractivity contribution in [1.82, 2.24) is 0 Å². The van der Waals surface area contributed by atoms with Gasteiger partial charge in [0.25, 0.3) is 0 Å². The van der Waals surface area contributed by atoms with Crippen LogP contribution < -0.4 is 23.7 Å². The quantitative estimate of drug-likeness (QED) is 0.607. The van der Waals surface area contributed by atoms with Crippen LogP contribution >= 0.6 is 11.6 Å². The molecule has 5 nitrogen and oxygen atoms in total. The van der Waals surface area contributed by atoms with Crippen LogP contribution in [0.1, 0.15) is 17.0 Å². The van der Waals surface area contributed by atoms with E-state index >= 15 is 0 Å². The predicted molar refractivity (Wildman–Crippen MR) is 103 cm³/mol. The van der Waals surface area contributed by atoms with Crippen molar-refractivity contribution in [2.24, 2.45) is 0 Å². The molecule has 142 valence electrons. The van der Waals surface area contributed by atoms with Crippen molar-refractivity contribution in [3.8, 4) is 28.7 Å². The van der Waals surface area contributed by atoms with Gasteiger partial charge in [-0.1, -0.05) is 6.07 Å². The standard InChI is InChI=1S/C20H25ClO5/c1-22-15-10-18(24-3)16(19(11-15)25-4)8-14(12-21)13-6-7-17(23-2)20(9-13)26-5/h6-7,9-11,14H,8,12H2,1-5H3/t14-/m0/s1. The molecule has 0 bridgehead atoms. The molecule has 0 saturated heterocycles. The lowest BCUT2D eigenvalue weighted by Crippen LogP contribution is -2.08. The van der Waals surface area contributed by atoms with E-state index in [9.17, 15) is 0 Å². The number of halogens is 1. The van der Waals surface area contributed by atoms with Crippen LogP contribution in [0.2, 0.25) is 0 Å². The second kappa shape index (κ2) is 9.43. The number of ether oxygens (including phenoxy) is 5. The zero-order valence-electron chi connectivity index (χ0n) is 15.8. The fourth-order valence-electron chi connectivity index (χ4n) is 2.89. The molecule has 1 atom stereocenters. The van der Waals surface area contributed by atoms with Crippen molar-refractivity contribution in [3.63, 3.8) is 0 Å². The van der Waals surface area contributed by atoms with Crippen molar-refractivity contribution in [2.45, 2.75) is 12.3 Å². The Labute approximate surface area is 159 Å². The highest BCUT2D eigenvalue weighted by atomic mass is 35.5. The van der Waals surface area contributed by atoms with E-state index in [2.05, 4.69) is 0 Å². The molecule has 0 amide bonds. The van der Waals surface area contributed by atoms with E-state index < -0.39 is 0 Å². The van der Waals surface area contributed by atoms with Gasteiger partial charge < -0.3 is 23.7 Å². The van der Waals surface area contributed by atoms with Crippen molar-refractivity contribution < 1.29 is 23.7 Å². The van der Waals surface area contributed by atoms with Crippen LogP contribution in [0.15, 0.2) is 30.3 Å². The second-order valence-electron chi connectivity index (χ2n) is 5.68. The largest absolute Gasteiger partial charge is 0.496 e. The molecule has 0 aliphatic rings. The Morgan fingerprint density at radius 3 is 1.77 bits per heavy atom. The normalized spacial score (nSPS) is 11.6. The first-order valence-electron chi connectivity index (χ1n) is 8.18. The molecular formula is C20H25ClO5. The van der Waals surface area contributed by atoms with Crippen LogP contribution in [-0.2, 0) is 6.42 Å². The highest BCUT2D eigenvalue weighted by molar-refractivity contribution is 6.18. The Morgan fingerprint density at radius 2 is 1.31 bits per heavy atom. The maximum absolute atomic E-state index is 6.29. The lowest BCUT2D eigenvalue weighted by Gasteiger charge is -2.20. The van der Waals surface area contributed by atoms with E-state index in [0.717, 1.165) is 11.1 Å². The van der Waals surface area contributed by atoms with E-state index in [0.29, 0.717) is 41.0 Å². The van der Waals surface area contributed by atoms with Gasteiger partial charge in [0.15, 0.2) is 11.5 Å². The molecule has 0 saturated carbocycles. The van der Waals surface area contributed by atoms with Crippen LogP contribution in [0.3, 0.4) is 0 Å². The first kappa shape index (κ1) is 20.0. The summed E-state index contributed by atoms with van der Waals surface area (Å²) in [5.41, 5.74) is 1.99. The van der Waals surface area contributed by atoms with E-state index in [-0.39, 0.29) is 5.92 Å². The van der Waals surface area contributed by atoms with Crippen LogP contribution in [0.5, 0.6) is 28.7 Å². The Balaban J connectivity index is 2.41. The average molecular weight is 381 g/mol. The minimum Gasteiger partial charge on any atom is -0.496 e. The number of hydrogen-bond donors (Lipinski definition) is 0. The van der Waals surface area contributed by atoms with Crippen molar-refractivity contribution in [1.29, 1.82) is 0 Å². The molecule has 0 aliphatic carbocycles. The zero-order chi connectivity index (χ0) is 19.1. The molecule has 2 rings (SSSR count). The van der Waals surface area contributed by atoms with Crippen molar-refractivity contribution in [2.75, 3.05) is 41.4 Å². The van der Waals surface area contributed by atoms with Gasteiger partial charge in [0, 0.05) is 29.5 Å². The third kappa shape index (κ3) is 4.28. The third-order valence-corrected chi connectivity index (χ3v) is 4.71. The fourth-order valence-corrected chi connectivity index (χ4v) is 3.18. The summed E-state index contributed by atoms with van der Waals surface area (Å²) < 4.78 is 27.1. The van der Waals surface area contributed by atoms with E-state index in [1.807, 2.05) is 30.3 Å². The Kier molecular flexibility index (Phi) is 7.27.